The number of nitrogens with one attached hydrogen (secondary N) is 1. The lowest BCUT2D eigenvalue weighted by atomic mass is 9.95. The Morgan fingerprint density at radius 2 is 2.16 bits per heavy atom. The van der Waals surface area contributed by atoms with Crippen molar-refractivity contribution in [2.24, 2.45) is 5.92 Å². The third-order valence-electron chi connectivity index (χ3n) is 4.39. The van der Waals surface area contributed by atoms with Crippen molar-refractivity contribution in [2.45, 2.75) is 58.0 Å². The van der Waals surface area contributed by atoms with Gasteiger partial charge in [-0.25, -0.2) is 0 Å². The van der Waals surface area contributed by atoms with Gasteiger partial charge in [0.1, 0.15) is 5.54 Å². The molecule has 4 heteroatoms. The Bertz CT molecular complexity index is 292. The third-order valence-corrected chi connectivity index (χ3v) is 4.39. The summed E-state index contributed by atoms with van der Waals surface area (Å²) < 4.78 is 4.91. The highest BCUT2D eigenvalue weighted by atomic mass is 16.5. The minimum absolute atomic E-state index is 0.160. The fourth-order valence-electron chi connectivity index (χ4n) is 2.70. The van der Waals surface area contributed by atoms with E-state index in [1.54, 1.807) is 0 Å². The fourth-order valence-corrected chi connectivity index (χ4v) is 2.70. The molecule has 1 N–H and O–H groups in total. The molecule has 1 rings (SSSR count). The van der Waals surface area contributed by atoms with E-state index in [9.17, 15) is 4.79 Å². The topological polar surface area (TPSA) is 41.6 Å². The summed E-state index contributed by atoms with van der Waals surface area (Å²) in [6.45, 7) is 8.08. The maximum Gasteiger partial charge on any atom is 0.325 e. The Hall–Kier alpha value is -0.610. The van der Waals surface area contributed by atoms with E-state index >= 15 is 0 Å². The molecule has 0 aromatic heterocycles. The molecule has 2 atom stereocenters. The zero-order valence-electron chi connectivity index (χ0n) is 13.2. The first kappa shape index (κ1) is 16.4. The normalized spacial score (nSPS) is 20.1. The Labute approximate surface area is 117 Å². The predicted octanol–water partition coefficient (Wildman–Crippen LogP) is 2.04. The molecule has 0 aliphatic heterocycles. The molecule has 0 saturated heterocycles. The van der Waals surface area contributed by atoms with Gasteiger partial charge in [-0.2, -0.15) is 0 Å². The summed E-state index contributed by atoms with van der Waals surface area (Å²) in [5, 5.41) is 3.25. The van der Waals surface area contributed by atoms with Gasteiger partial charge in [0.2, 0.25) is 0 Å². The molecule has 1 fully saturated rings. The first-order chi connectivity index (χ1) is 8.94. The lowest BCUT2D eigenvalue weighted by Gasteiger charge is -2.30. The van der Waals surface area contributed by atoms with Crippen LogP contribution < -0.4 is 5.32 Å². The molecule has 112 valence electrons. The minimum Gasteiger partial charge on any atom is -0.468 e. The molecule has 2 unspecified atom stereocenters. The number of nitrogens with zero attached hydrogens (tertiary/aromatic N) is 1. The molecule has 1 saturated carbocycles. The maximum absolute atomic E-state index is 11.9. The van der Waals surface area contributed by atoms with E-state index in [2.05, 4.69) is 24.2 Å². The Balaban J connectivity index is 2.36. The summed E-state index contributed by atoms with van der Waals surface area (Å²) in [7, 11) is 3.64. The highest BCUT2D eigenvalue weighted by molar-refractivity contribution is 5.80. The fraction of sp³-hybridized carbons (Fsp3) is 0.933. The van der Waals surface area contributed by atoms with Crippen molar-refractivity contribution in [1.82, 2.24) is 10.2 Å². The van der Waals surface area contributed by atoms with Gasteiger partial charge in [0.25, 0.3) is 0 Å². The smallest absolute Gasteiger partial charge is 0.325 e. The van der Waals surface area contributed by atoms with Crippen molar-refractivity contribution >= 4 is 5.97 Å². The van der Waals surface area contributed by atoms with E-state index in [1.807, 2.05) is 13.8 Å². The average molecular weight is 270 g/mol. The standard InChI is InChI=1S/C15H30N2O2/c1-6-16-15(3,14(18)19-5)10-7-11-17(4)12(2)13-8-9-13/h12-13,16H,6-11H2,1-5H3. The highest BCUT2D eigenvalue weighted by Crippen LogP contribution is 2.34. The van der Waals surface area contributed by atoms with Crippen LogP contribution in [-0.4, -0.2) is 49.7 Å². The zero-order chi connectivity index (χ0) is 14.5. The van der Waals surface area contributed by atoms with Gasteiger partial charge in [-0.3, -0.25) is 4.79 Å². The molecular weight excluding hydrogens is 240 g/mol. The maximum atomic E-state index is 11.9. The number of rotatable bonds is 9. The molecule has 0 aromatic rings. The van der Waals surface area contributed by atoms with Crippen molar-refractivity contribution in [1.29, 1.82) is 0 Å². The van der Waals surface area contributed by atoms with Gasteiger partial charge in [0, 0.05) is 6.04 Å². The Morgan fingerprint density at radius 3 is 2.63 bits per heavy atom. The number of carbonyl (C=O) groups excluding carboxylic acids is 1. The van der Waals surface area contributed by atoms with Crippen LogP contribution in [0, 0.1) is 5.92 Å². The molecule has 4 nitrogen and oxygen atoms in total. The number of carbonyl (C=O) groups is 1. The van der Waals surface area contributed by atoms with E-state index in [4.69, 9.17) is 4.74 Å². The van der Waals surface area contributed by atoms with E-state index < -0.39 is 5.54 Å². The third kappa shape index (κ3) is 4.77. The molecule has 1 aliphatic rings. The summed E-state index contributed by atoms with van der Waals surface area (Å²) in [4.78, 5) is 14.3. The molecule has 0 heterocycles. The first-order valence-corrected chi connectivity index (χ1v) is 7.48. The van der Waals surface area contributed by atoms with Crippen LogP contribution in [0.15, 0.2) is 0 Å². The van der Waals surface area contributed by atoms with E-state index in [1.165, 1.54) is 20.0 Å². The van der Waals surface area contributed by atoms with Gasteiger partial charge in [0.05, 0.1) is 7.11 Å². The molecule has 0 amide bonds. The second-order valence-corrected chi connectivity index (χ2v) is 6.02. The molecule has 0 aromatic carbocycles. The predicted molar refractivity (Wildman–Crippen MR) is 78.1 cm³/mol. The van der Waals surface area contributed by atoms with Crippen molar-refractivity contribution < 1.29 is 9.53 Å². The van der Waals surface area contributed by atoms with Gasteiger partial charge < -0.3 is 15.0 Å². The summed E-state index contributed by atoms with van der Waals surface area (Å²) in [6.07, 6.45) is 4.58. The number of likely N-dealkylation sites (N-methyl/N-ethyl adjacent to an activating group) is 1. The summed E-state index contributed by atoms with van der Waals surface area (Å²) >= 11 is 0. The van der Waals surface area contributed by atoms with Gasteiger partial charge >= 0.3 is 5.97 Å². The number of ether oxygens (including phenoxy) is 1. The summed E-state index contributed by atoms with van der Waals surface area (Å²) in [5.74, 6) is 0.734. The molecule has 19 heavy (non-hydrogen) atoms. The Morgan fingerprint density at radius 1 is 1.53 bits per heavy atom. The summed E-state index contributed by atoms with van der Waals surface area (Å²) in [5.41, 5.74) is -0.548. The molecule has 1 aliphatic carbocycles. The van der Waals surface area contributed by atoms with Crippen molar-refractivity contribution in [3.63, 3.8) is 0 Å². The van der Waals surface area contributed by atoms with Gasteiger partial charge in [-0.1, -0.05) is 6.92 Å². The van der Waals surface area contributed by atoms with Gasteiger partial charge in [-0.05, 0) is 65.6 Å². The van der Waals surface area contributed by atoms with Crippen molar-refractivity contribution in [2.75, 3.05) is 27.2 Å². The molecule has 0 bridgehead atoms. The van der Waals surface area contributed by atoms with Crippen LogP contribution in [0.5, 0.6) is 0 Å². The monoisotopic (exact) mass is 270 g/mol. The van der Waals surface area contributed by atoms with E-state index in [-0.39, 0.29) is 5.97 Å². The molecule has 0 radical (unpaired) electrons. The first-order valence-electron chi connectivity index (χ1n) is 7.48. The second kappa shape index (κ2) is 7.25. The number of methoxy groups -OCH3 is 1. The molecular formula is C15H30N2O2. The van der Waals surface area contributed by atoms with Gasteiger partial charge in [-0.15, -0.1) is 0 Å². The zero-order valence-corrected chi connectivity index (χ0v) is 13.2. The second-order valence-electron chi connectivity index (χ2n) is 6.02. The quantitative estimate of drug-likeness (QED) is 0.651. The van der Waals surface area contributed by atoms with Crippen molar-refractivity contribution in [3.05, 3.63) is 0 Å². The van der Waals surface area contributed by atoms with Crippen LogP contribution in [0.1, 0.15) is 46.5 Å². The van der Waals surface area contributed by atoms with Crippen LogP contribution in [0.2, 0.25) is 0 Å². The molecule has 0 spiro atoms. The largest absolute Gasteiger partial charge is 0.468 e. The van der Waals surface area contributed by atoms with Crippen LogP contribution in [0.4, 0.5) is 0 Å². The van der Waals surface area contributed by atoms with Crippen LogP contribution in [0.25, 0.3) is 0 Å². The lowest BCUT2D eigenvalue weighted by molar-refractivity contribution is -0.148. The SMILES string of the molecule is CCNC(C)(CCCN(C)C(C)C1CC1)C(=O)OC. The van der Waals surface area contributed by atoms with Gasteiger partial charge in [0.15, 0.2) is 0 Å². The average Bonchev–Trinajstić information content (AvgIpc) is 3.21. The number of hydrogen-bond acceptors (Lipinski definition) is 4. The Kier molecular flexibility index (Phi) is 6.27. The van der Waals surface area contributed by atoms with Crippen LogP contribution in [-0.2, 0) is 9.53 Å². The van der Waals surface area contributed by atoms with E-state index in [0.717, 1.165) is 31.8 Å². The van der Waals surface area contributed by atoms with Crippen molar-refractivity contribution in [3.8, 4) is 0 Å². The minimum atomic E-state index is -0.548. The van der Waals surface area contributed by atoms with Crippen LogP contribution >= 0.6 is 0 Å². The number of hydrogen-bond donors (Lipinski definition) is 1. The van der Waals surface area contributed by atoms with E-state index in [0.29, 0.717) is 6.04 Å². The highest BCUT2D eigenvalue weighted by Gasteiger charge is 2.34. The lowest BCUT2D eigenvalue weighted by Crippen LogP contribution is -2.50. The number of esters is 1. The summed E-state index contributed by atoms with van der Waals surface area (Å²) in [6, 6.07) is 0.670. The van der Waals surface area contributed by atoms with Crippen LogP contribution in [0.3, 0.4) is 0 Å².